The van der Waals surface area contributed by atoms with Crippen molar-refractivity contribution in [2.24, 2.45) is 0 Å². The summed E-state index contributed by atoms with van der Waals surface area (Å²) in [5, 5.41) is 12.8. The summed E-state index contributed by atoms with van der Waals surface area (Å²) in [6.45, 7) is 7.17. The second kappa shape index (κ2) is 6.29. The van der Waals surface area contributed by atoms with Crippen molar-refractivity contribution in [3.05, 3.63) is 69.8 Å². The second-order valence-electron chi connectivity index (χ2n) is 6.49. The van der Waals surface area contributed by atoms with Gasteiger partial charge in [-0.1, -0.05) is 24.3 Å². The van der Waals surface area contributed by atoms with Gasteiger partial charge in [0, 0.05) is 12.2 Å². The third kappa shape index (κ3) is 2.54. The SMILES string of the molecule is CCn1c(=O)c2ccccc2n2c(CNc3cc(C)ccc3C)nnc12. The maximum Gasteiger partial charge on any atom is 0.262 e. The monoisotopic (exact) mass is 347 g/mol. The Morgan fingerprint density at radius 3 is 2.69 bits per heavy atom. The number of aromatic nitrogens is 4. The van der Waals surface area contributed by atoms with Crippen molar-refractivity contribution in [3.8, 4) is 0 Å². The predicted octanol–water partition coefficient (Wildman–Crippen LogP) is 3.29. The molecule has 4 rings (SSSR count). The molecule has 1 N–H and O–H groups in total. The number of rotatable bonds is 4. The number of hydrogen-bond acceptors (Lipinski definition) is 4. The Morgan fingerprint density at radius 1 is 1.08 bits per heavy atom. The van der Waals surface area contributed by atoms with Crippen LogP contribution in [-0.4, -0.2) is 19.2 Å². The van der Waals surface area contributed by atoms with Crippen molar-refractivity contribution in [1.82, 2.24) is 19.2 Å². The molecular weight excluding hydrogens is 326 g/mol. The zero-order chi connectivity index (χ0) is 18.3. The molecule has 2 aromatic heterocycles. The summed E-state index contributed by atoms with van der Waals surface area (Å²) in [6, 6.07) is 13.9. The summed E-state index contributed by atoms with van der Waals surface area (Å²) in [7, 11) is 0. The molecule has 4 aromatic rings. The third-order valence-electron chi connectivity index (χ3n) is 4.72. The molecule has 0 amide bonds. The van der Waals surface area contributed by atoms with E-state index in [0.717, 1.165) is 17.0 Å². The molecule has 132 valence electrons. The maximum absolute atomic E-state index is 12.7. The van der Waals surface area contributed by atoms with E-state index in [0.29, 0.717) is 24.3 Å². The van der Waals surface area contributed by atoms with Crippen molar-refractivity contribution in [3.63, 3.8) is 0 Å². The first-order valence-corrected chi connectivity index (χ1v) is 8.77. The van der Waals surface area contributed by atoms with Crippen LogP contribution in [0, 0.1) is 13.8 Å². The Kier molecular flexibility index (Phi) is 3.95. The lowest BCUT2D eigenvalue weighted by Gasteiger charge is -2.12. The fourth-order valence-electron chi connectivity index (χ4n) is 3.31. The van der Waals surface area contributed by atoms with Crippen molar-refractivity contribution < 1.29 is 0 Å². The van der Waals surface area contributed by atoms with Crippen molar-refractivity contribution in [2.75, 3.05) is 5.32 Å². The number of anilines is 1. The lowest BCUT2D eigenvalue weighted by atomic mass is 10.1. The topological polar surface area (TPSA) is 64.2 Å². The van der Waals surface area contributed by atoms with E-state index in [9.17, 15) is 4.79 Å². The number of nitrogens with zero attached hydrogens (tertiary/aromatic N) is 4. The number of benzene rings is 2. The Balaban J connectivity index is 1.85. The summed E-state index contributed by atoms with van der Waals surface area (Å²) in [5.41, 5.74) is 4.26. The molecule has 0 unspecified atom stereocenters. The van der Waals surface area contributed by atoms with E-state index in [-0.39, 0.29) is 5.56 Å². The smallest absolute Gasteiger partial charge is 0.262 e. The molecule has 0 saturated carbocycles. The highest BCUT2D eigenvalue weighted by molar-refractivity contribution is 5.80. The molecule has 6 heteroatoms. The molecule has 0 fully saturated rings. The van der Waals surface area contributed by atoms with Crippen molar-refractivity contribution in [1.29, 1.82) is 0 Å². The molecule has 2 aromatic carbocycles. The summed E-state index contributed by atoms with van der Waals surface area (Å²) >= 11 is 0. The number of nitrogens with one attached hydrogen (secondary N) is 1. The van der Waals surface area contributed by atoms with E-state index < -0.39 is 0 Å². The van der Waals surface area contributed by atoms with Gasteiger partial charge in [-0.05, 0) is 50.1 Å². The third-order valence-corrected chi connectivity index (χ3v) is 4.72. The van der Waals surface area contributed by atoms with Gasteiger partial charge >= 0.3 is 0 Å². The number of para-hydroxylation sites is 1. The first-order valence-electron chi connectivity index (χ1n) is 8.77. The van der Waals surface area contributed by atoms with Gasteiger partial charge in [-0.15, -0.1) is 10.2 Å². The van der Waals surface area contributed by atoms with Crippen LogP contribution >= 0.6 is 0 Å². The molecule has 0 aliphatic heterocycles. The van der Waals surface area contributed by atoms with Crippen LogP contribution in [0.5, 0.6) is 0 Å². The number of fused-ring (bicyclic) bond motifs is 3. The quantitative estimate of drug-likeness (QED) is 0.615. The van der Waals surface area contributed by atoms with Gasteiger partial charge in [-0.3, -0.25) is 13.8 Å². The van der Waals surface area contributed by atoms with Crippen LogP contribution in [0.3, 0.4) is 0 Å². The molecule has 2 heterocycles. The molecule has 0 radical (unpaired) electrons. The fraction of sp³-hybridized carbons (Fsp3) is 0.250. The largest absolute Gasteiger partial charge is 0.377 e. The second-order valence-corrected chi connectivity index (χ2v) is 6.49. The van der Waals surface area contributed by atoms with Crippen LogP contribution < -0.4 is 10.9 Å². The predicted molar refractivity (Wildman–Crippen MR) is 104 cm³/mol. The molecule has 0 atom stereocenters. The highest BCUT2D eigenvalue weighted by Gasteiger charge is 2.15. The summed E-state index contributed by atoms with van der Waals surface area (Å²) in [5.74, 6) is 1.35. The summed E-state index contributed by atoms with van der Waals surface area (Å²) in [6.07, 6.45) is 0. The van der Waals surface area contributed by atoms with E-state index in [4.69, 9.17) is 0 Å². The zero-order valence-corrected chi connectivity index (χ0v) is 15.2. The molecule has 0 bridgehead atoms. The van der Waals surface area contributed by atoms with Gasteiger partial charge in [0.1, 0.15) is 0 Å². The van der Waals surface area contributed by atoms with Gasteiger partial charge in [0.25, 0.3) is 5.56 Å². The minimum Gasteiger partial charge on any atom is -0.377 e. The van der Waals surface area contributed by atoms with Crippen LogP contribution in [0.2, 0.25) is 0 Å². The lowest BCUT2D eigenvalue weighted by molar-refractivity contribution is 0.734. The van der Waals surface area contributed by atoms with Gasteiger partial charge in [0.15, 0.2) is 5.82 Å². The Morgan fingerprint density at radius 2 is 1.88 bits per heavy atom. The Hall–Kier alpha value is -3.15. The van der Waals surface area contributed by atoms with Crippen molar-refractivity contribution >= 4 is 22.4 Å². The minimum absolute atomic E-state index is 0.0305. The maximum atomic E-state index is 12.7. The van der Waals surface area contributed by atoms with Gasteiger partial charge in [0.05, 0.1) is 17.4 Å². The van der Waals surface area contributed by atoms with Gasteiger partial charge in [-0.2, -0.15) is 0 Å². The fourth-order valence-corrected chi connectivity index (χ4v) is 3.31. The molecule has 26 heavy (non-hydrogen) atoms. The van der Waals surface area contributed by atoms with Gasteiger partial charge in [0.2, 0.25) is 5.78 Å². The van der Waals surface area contributed by atoms with E-state index in [2.05, 4.69) is 47.6 Å². The average Bonchev–Trinajstić information content (AvgIpc) is 3.07. The van der Waals surface area contributed by atoms with Crippen LogP contribution in [0.4, 0.5) is 5.69 Å². The molecule has 0 aliphatic rings. The highest BCUT2D eigenvalue weighted by Crippen LogP contribution is 2.19. The molecule has 0 spiro atoms. The summed E-state index contributed by atoms with van der Waals surface area (Å²) < 4.78 is 3.63. The molecule has 0 saturated heterocycles. The number of hydrogen-bond donors (Lipinski definition) is 1. The van der Waals surface area contributed by atoms with Crippen LogP contribution in [0.25, 0.3) is 16.7 Å². The molecule has 0 aliphatic carbocycles. The van der Waals surface area contributed by atoms with Gasteiger partial charge < -0.3 is 5.32 Å². The minimum atomic E-state index is -0.0305. The normalized spacial score (nSPS) is 11.3. The number of aryl methyl sites for hydroxylation is 3. The summed E-state index contributed by atoms with van der Waals surface area (Å²) in [4.78, 5) is 12.7. The highest BCUT2D eigenvalue weighted by atomic mass is 16.1. The Labute approximate surface area is 151 Å². The van der Waals surface area contributed by atoms with Crippen LogP contribution in [0.15, 0.2) is 47.3 Å². The molecule has 6 nitrogen and oxygen atoms in total. The van der Waals surface area contributed by atoms with E-state index in [1.54, 1.807) is 4.57 Å². The first-order chi connectivity index (χ1) is 12.6. The lowest BCUT2D eigenvalue weighted by Crippen LogP contribution is -2.23. The van der Waals surface area contributed by atoms with E-state index >= 15 is 0 Å². The Bertz CT molecular complexity index is 1170. The average molecular weight is 347 g/mol. The standard InChI is InChI=1S/C20H21N5O/c1-4-24-19(26)15-7-5-6-8-17(15)25-18(22-23-20(24)25)12-21-16-11-13(2)9-10-14(16)3/h5-11,21H,4,12H2,1-3H3. The van der Waals surface area contributed by atoms with Crippen LogP contribution in [0.1, 0.15) is 23.9 Å². The van der Waals surface area contributed by atoms with Crippen molar-refractivity contribution in [2.45, 2.75) is 33.9 Å². The van der Waals surface area contributed by atoms with Crippen LogP contribution in [-0.2, 0) is 13.1 Å². The van der Waals surface area contributed by atoms with E-state index in [1.807, 2.05) is 35.6 Å². The van der Waals surface area contributed by atoms with Gasteiger partial charge in [-0.25, -0.2) is 0 Å². The molecular formula is C20H21N5O. The zero-order valence-electron chi connectivity index (χ0n) is 15.2. The van der Waals surface area contributed by atoms with E-state index in [1.165, 1.54) is 11.1 Å². The first kappa shape index (κ1) is 16.3.